The maximum absolute atomic E-state index is 13.7. The molecule has 1 amide bonds. The van der Waals surface area contributed by atoms with Gasteiger partial charge in [0, 0.05) is 12.1 Å². The number of hydrogen-bond donors (Lipinski definition) is 1. The molecular weight excluding hydrogens is 333 g/mol. The summed E-state index contributed by atoms with van der Waals surface area (Å²) in [5.74, 6) is -1.96. The van der Waals surface area contributed by atoms with Gasteiger partial charge in [-0.15, -0.1) is 0 Å². The number of fused-ring (bicyclic) bond motifs is 1. The number of aryl methyl sites for hydroxylation is 1. The highest BCUT2D eigenvalue weighted by Gasteiger charge is 2.67. The molecule has 0 saturated heterocycles. The second-order valence-corrected chi connectivity index (χ2v) is 6.66. The Morgan fingerprint density at radius 3 is 2.64 bits per heavy atom. The summed E-state index contributed by atoms with van der Waals surface area (Å²) in [6.45, 7) is 0. The summed E-state index contributed by atoms with van der Waals surface area (Å²) in [5, 5.41) is 14.8. The Balaban J connectivity index is 1.83. The Morgan fingerprint density at radius 1 is 1.24 bits per heavy atom. The fourth-order valence-corrected chi connectivity index (χ4v) is 3.64. The van der Waals surface area contributed by atoms with Crippen molar-refractivity contribution in [2.75, 3.05) is 0 Å². The van der Waals surface area contributed by atoms with Gasteiger partial charge in [-0.05, 0) is 31.2 Å². The number of hydrogen-bond acceptors (Lipinski definition) is 3. The third-order valence-electron chi connectivity index (χ3n) is 4.99. The smallest absolute Gasteiger partial charge is 0.362 e. The van der Waals surface area contributed by atoms with E-state index in [1.165, 1.54) is 0 Å². The van der Waals surface area contributed by atoms with Crippen LogP contribution in [0.25, 0.3) is 0 Å². The second-order valence-electron chi connectivity index (χ2n) is 6.66. The lowest BCUT2D eigenvalue weighted by molar-refractivity contribution is -0.316. The lowest BCUT2D eigenvalue weighted by atomic mass is 9.87. The number of amides is 1. The number of halogens is 3. The first-order chi connectivity index (χ1) is 11.8. The minimum Gasteiger partial charge on any atom is -0.362 e. The number of aliphatic hydroxyl groups is 1. The molecule has 0 unspecified atom stereocenters. The van der Waals surface area contributed by atoms with Crippen molar-refractivity contribution < 1.29 is 23.1 Å². The van der Waals surface area contributed by atoms with E-state index >= 15 is 0 Å². The number of alkyl halides is 3. The quantitative estimate of drug-likeness (QED) is 0.901. The number of carbonyl (C=O) groups is 1. The van der Waals surface area contributed by atoms with Crippen LogP contribution < -0.4 is 0 Å². The van der Waals surface area contributed by atoms with E-state index in [2.05, 4.69) is 5.10 Å². The van der Waals surface area contributed by atoms with Crippen molar-refractivity contribution in [2.45, 2.75) is 56.8 Å². The van der Waals surface area contributed by atoms with Crippen molar-refractivity contribution in [2.24, 2.45) is 11.0 Å². The van der Waals surface area contributed by atoms with Crippen molar-refractivity contribution in [1.29, 1.82) is 0 Å². The van der Waals surface area contributed by atoms with E-state index in [1.54, 1.807) is 12.1 Å². The molecular formula is C18H21F3N2O2. The van der Waals surface area contributed by atoms with Crippen molar-refractivity contribution in [3.05, 3.63) is 35.9 Å². The van der Waals surface area contributed by atoms with E-state index in [9.17, 15) is 23.1 Å². The van der Waals surface area contributed by atoms with E-state index in [4.69, 9.17) is 0 Å². The molecule has 1 aliphatic heterocycles. The lowest BCUT2D eigenvalue weighted by Gasteiger charge is -2.37. The molecule has 0 bridgehead atoms. The Morgan fingerprint density at radius 2 is 1.96 bits per heavy atom. The number of carbonyl (C=O) groups excluding carboxylic acids is 1. The van der Waals surface area contributed by atoms with Crippen LogP contribution in [0.3, 0.4) is 0 Å². The summed E-state index contributed by atoms with van der Waals surface area (Å²) in [5.41, 5.74) is -2.07. The summed E-state index contributed by atoms with van der Waals surface area (Å²) >= 11 is 0. The number of hydrazone groups is 1. The van der Waals surface area contributed by atoms with Gasteiger partial charge in [0.2, 0.25) is 5.91 Å². The first kappa shape index (κ1) is 17.9. The van der Waals surface area contributed by atoms with Crippen LogP contribution in [0.5, 0.6) is 0 Å². The Hall–Kier alpha value is -1.89. The Kier molecular flexibility index (Phi) is 4.86. The first-order valence-electron chi connectivity index (χ1n) is 8.57. The van der Waals surface area contributed by atoms with Crippen LogP contribution in [-0.2, 0) is 11.2 Å². The Labute approximate surface area is 144 Å². The van der Waals surface area contributed by atoms with E-state index in [0.717, 1.165) is 18.4 Å². The van der Waals surface area contributed by atoms with Crippen molar-refractivity contribution in [3.8, 4) is 0 Å². The van der Waals surface area contributed by atoms with Gasteiger partial charge in [0.05, 0.1) is 5.92 Å². The monoisotopic (exact) mass is 354 g/mol. The highest BCUT2D eigenvalue weighted by molar-refractivity contribution is 5.93. The van der Waals surface area contributed by atoms with E-state index in [0.29, 0.717) is 30.0 Å². The maximum atomic E-state index is 13.7. The molecule has 1 fully saturated rings. The number of rotatable bonds is 3. The molecule has 0 spiro atoms. The molecule has 3 rings (SSSR count). The summed E-state index contributed by atoms with van der Waals surface area (Å²) in [6, 6.07) is 9.06. The maximum Gasteiger partial charge on any atom is 0.439 e. The van der Waals surface area contributed by atoms with E-state index in [-0.39, 0.29) is 12.8 Å². The molecule has 25 heavy (non-hydrogen) atoms. The van der Waals surface area contributed by atoms with Gasteiger partial charge in [0.15, 0.2) is 0 Å². The molecule has 2 aliphatic rings. The summed E-state index contributed by atoms with van der Waals surface area (Å²) in [4.78, 5) is 12.5. The zero-order valence-electron chi connectivity index (χ0n) is 13.8. The van der Waals surface area contributed by atoms with Gasteiger partial charge in [-0.2, -0.15) is 23.3 Å². The first-order valence-corrected chi connectivity index (χ1v) is 8.57. The van der Waals surface area contributed by atoms with Gasteiger partial charge >= 0.3 is 6.18 Å². The van der Waals surface area contributed by atoms with Crippen molar-refractivity contribution >= 4 is 11.6 Å². The molecule has 1 aromatic rings. The van der Waals surface area contributed by atoms with Gasteiger partial charge in [-0.25, -0.2) is 0 Å². The number of nitrogens with zero attached hydrogens (tertiary/aromatic N) is 2. The van der Waals surface area contributed by atoms with Gasteiger partial charge in [-0.3, -0.25) is 4.79 Å². The lowest BCUT2D eigenvalue weighted by Crippen LogP contribution is -2.61. The second kappa shape index (κ2) is 6.78. The summed E-state index contributed by atoms with van der Waals surface area (Å²) < 4.78 is 41.1. The van der Waals surface area contributed by atoms with Crippen LogP contribution in [0.1, 0.15) is 44.1 Å². The SMILES string of the molecule is O=C(CCc1ccccc1)N1N=C2CCCCC[C@@H]2[C@@]1(O)C(F)(F)F. The molecule has 0 radical (unpaired) electrons. The van der Waals surface area contributed by atoms with E-state index < -0.39 is 23.7 Å². The normalized spacial score (nSPS) is 26.8. The highest BCUT2D eigenvalue weighted by atomic mass is 19.4. The van der Waals surface area contributed by atoms with Crippen LogP contribution in [0.2, 0.25) is 0 Å². The minimum absolute atomic E-state index is 0.133. The van der Waals surface area contributed by atoms with Gasteiger partial charge in [0.1, 0.15) is 0 Å². The summed E-state index contributed by atoms with van der Waals surface area (Å²) in [7, 11) is 0. The van der Waals surface area contributed by atoms with Gasteiger partial charge < -0.3 is 5.11 Å². The molecule has 1 heterocycles. The van der Waals surface area contributed by atoms with E-state index in [1.807, 2.05) is 18.2 Å². The zero-order valence-corrected chi connectivity index (χ0v) is 13.8. The standard InChI is InChI=1S/C18H21F3N2O2/c19-18(20,21)17(25)14-9-5-2-6-10-15(14)22-23(17)16(24)12-11-13-7-3-1-4-8-13/h1,3-4,7-8,14,25H,2,5-6,9-12H2/t14-,17+/m0/s1. The largest absolute Gasteiger partial charge is 0.439 e. The van der Waals surface area contributed by atoms with Crippen LogP contribution in [0.15, 0.2) is 35.4 Å². The highest BCUT2D eigenvalue weighted by Crippen LogP contribution is 2.47. The third-order valence-corrected chi connectivity index (χ3v) is 4.99. The molecule has 4 nitrogen and oxygen atoms in total. The van der Waals surface area contributed by atoms with Crippen molar-refractivity contribution in [1.82, 2.24) is 5.01 Å². The molecule has 1 aliphatic carbocycles. The molecule has 136 valence electrons. The Bertz CT molecular complexity index is 660. The zero-order chi connectivity index (χ0) is 18.1. The third kappa shape index (κ3) is 3.29. The predicted octanol–water partition coefficient (Wildman–Crippen LogP) is 3.65. The molecule has 2 atom stereocenters. The van der Waals surface area contributed by atoms with Crippen LogP contribution in [-0.4, -0.2) is 33.6 Å². The molecule has 0 aromatic heterocycles. The molecule has 1 aromatic carbocycles. The average Bonchev–Trinajstić information content (AvgIpc) is 2.74. The fourth-order valence-electron chi connectivity index (χ4n) is 3.64. The molecule has 1 N–H and O–H groups in total. The number of benzene rings is 1. The average molecular weight is 354 g/mol. The van der Waals surface area contributed by atoms with Gasteiger partial charge in [-0.1, -0.05) is 43.2 Å². The predicted molar refractivity (Wildman–Crippen MR) is 86.6 cm³/mol. The van der Waals surface area contributed by atoms with Crippen LogP contribution in [0, 0.1) is 5.92 Å². The fraction of sp³-hybridized carbons (Fsp3) is 0.556. The van der Waals surface area contributed by atoms with Gasteiger partial charge in [0.25, 0.3) is 5.72 Å². The molecule has 7 heteroatoms. The minimum atomic E-state index is -4.95. The van der Waals surface area contributed by atoms with Crippen LogP contribution in [0.4, 0.5) is 13.2 Å². The topological polar surface area (TPSA) is 52.9 Å². The van der Waals surface area contributed by atoms with Crippen molar-refractivity contribution in [3.63, 3.8) is 0 Å². The summed E-state index contributed by atoms with van der Waals surface area (Å²) in [6.07, 6.45) is -2.06. The molecule has 1 saturated carbocycles. The van der Waals surface area contributed by atoms with Crippen LogP contribution >= 0.6 is 0 Å².